The maximum absolute atomic E-state index is 12.4. The maximum Gasteiger partial charge on any atom is 0.266 e. The summed E-state index contributed by atoms with van der Waals surface area (Å²) in [7, 11) is 4.95. The first-order valence-corrected chi connectivity index (χ1v) is 10.3. The molecule has 146 valence electrons. The van der Waals surface area contributed by atoms with Crippen molar-refractivity contribution in [3.63, 3.8) is 0 Å². The molecule has 0 aliphatic carbocycles. The Hall–Kier alpha value is -1.96. The molecule has 28 heavy (non-hydrogen) atoms. The van der Waals surface area contributed by atoms with E-state index in [2.05, 4.69) is 20.9 Å². The predicted octanol–water partition coefficient (Wildman–Crippen LogP) is 5.22. The fourth-order valence-electron chi connectivity index (χ4n) is 2.60. The number of nitrogens with zero attached hydrogens (tertiary/aromatic N) is 2. The normalized spacial score (nSPS) is 16.9. The number of benzene rings is 2. The van der Waals surface area contributed by atoms with Crippen LogP contribution in [0.3, 0.4) is 0 Å². The van der Waals surface area contributed by atoms with Gasteiger partial charge in [-0.1, -0.05) is 45.7 Å². The Morgan fingerprint density at radius 3 is 2.68 bits per heavy atom. The van der Waals surface area contributed by atoms with Crippen LogP contribution in [0.4, 0.5) is 0 Å². The third-order valence-corrected chi connectivity index (χ3v) is 6.31. The fraction of sp³-hybridized carbons (Fsp3) is 0.200. The summed E-state index contributed by atoms with van der Waals surface area (Å²) in [4.78, 5) is 18.6. The summed E-state index contributed by atoms with van der Waals surface area (Å²) in [5, 5.41) is 1.31. The van der Waals surface area contributed by atoms with Gasteiger partial charge in [-0.25, -0.2) is 0 Å². The molecule has 0 spiro atoms. The number of amidine groups is 1. The first kappa shape index (κ1) is 20.8. The largest absolute Gasteiger partial charge is 0.493 e. The summed E-state index contributed by atoms with van der Waals surface area (Å²) in [6.45, 7) is 0.318. The highest BCUT2D eigenvalue weighted by molar-refractivity contribution is 9.10. The highest BCUT2D eigenvalue weighted by atomic mass is 79.9. The number of amides is 1. The molecule has 0 atom stereocenters. The molecule has 0 unspecified atom stereocenters. The van der Waals surface area contributed by atoms with Gasteiger partial charge in [0.05, 0.1) is 12.0 Å². The van der Waals surface area contributed by atoms with E-state index in [9.17, 15) is 4.79 Å². The van der Waals surface area contributed by atoms with Gasteiger partial charge in [0, 0.05) is 29.2 Å². The van der Waals surface area contributed by atoms with Crippen molar-refractivity contribution in [1.82, 2.24) is 4.90 Å². The second kappa shape index (κ2) is 9.03. The number of aliphatic imine (C=N–C) groups is 1. The molecule has 0 N–H and O–H groups in total. The van der Waals surface area contributed by atoms with Crippen molar-refractivity contribution in [3.8, 4) is 11.5 Å². The third kappa shape index (κ3) is 4.37. The van der Waals surface area contributed by atoms with Crippen LogP contribution < -0.4 is 9.47 Å². The molecule has 2 aromatic rings. The van der Waals surface area contributed by atoms with Crippen molar-refractivity contribution in [1.29, 1.82) is 0 Å². The van der Waals surface area contributed by atoms with Crippen LogP contribution >= 0.6 is 39.3 Å². The Labute approximate surface area is 181 Å². The van der Waals surface area contributed by atoms with E-state index in [1.165, 1.54) is 16.7 Å². The van der Waals surface area contributed by atoms with Crippen LogP contribution in [0.2, 0.25) is 5.02 Å². The lowest BCUT2D eigenvalue weighted by atomic mass is 10.1. The monoisotopic (exact) mass is 480 g/mol. The molecule has 1 heterocycles. The quantitative estimate of drug-likeness (QED) is 0.549. The second-order valence-corrected chi connectivity index (χ2v) is 8.16. The van der Waals surface area contributed by atoms with Crippen LogP contribution in [-0.2, 0) is 11.4 Å². The molecule has 0 saturated carbocycles. The fourth-order valence-corrected chi connectivity index (χ4v) is 4.14. The molecule has 1 aliphatic heterocycles. The molecule has 1 fully saturated rings. The van der Waals surface area contributed by atoms with Crippen molar-refractivity contribution < 1.29 is 14.3 Å². The van der Waals surface area contributed by atoms with Crippen LogP contribution in [0.15, 0.2) is 50.8 Å². The van der Waals surface area contributed by atoms with Gasteiger partial charge >= 0.3 is 0 Å². The average molecular weight is 482 g/mol. The molecular formula is C20H18BrClN2O3S. The van der Waals surface area contributed by atoms with Gasteiger partial charge in [0.1, 0.15) is 6.61 Å². The number of carbonyl (C=O) groups excluding carboxylic acids is 1. The number of ether oxygens (including phenoxy) is 2. The first-order chi connectivity index (χ1) is 13.4. The molecule has 1 saturated heterocycles. The van der Waals surface area contributed by atoms with E-state index < -0.39 is 0 Å². The Morgan fingerprint density at radius 1 is 1.29 bits per heavy atom. The highest BCUT2D eigenvalue weighted by Crippen LogP contribution is 2.38. The van der Waals surface area contributed by atoms with E-state index >= 15 is 0 Å². The van der Waals surface area contributed by atoms with Gasteiger partial charge in [-0.15, -0.1) is 0 Å². The number of thioether (sulfide) groups is 1. The van der Waals surface area contributed by atoms with Gasteiger partial charge in [-0.2, -0.15) is 0 Å². The zero-order valence-electron chi connectivity index (χ0n) is 15.5. The van der Waals surface area contributed by atoms with Crippen molar-refractivity contribution in [2.75, 3.05) is 21.2 Å². The van der Waals surface area contributed by atoms with Gasteiger partial charge < -0.3 is 9.47 Å². The lowest BCUT2D eigenvalue weighted by Gasteiger charge is -2.13. The smallest absolute Gasteiger partial charge is 0.266 e. The molecule has 1 amide bonds. The van der Waals surface area contributed by atoms with E-state index in [4.69, 9.17) is 21.1 Å². The van der Waals surface area contributed by atoms with Crippen molar-refractivity contribution in [3.05, 3.63) is 61.9 Å². The summed E-state index contributed by atoms with van der Waals surface area (Å²) in [6, 6.07) is 11.2. The minimum Gasteiger partial charge on any atom is -0.493 e. The number of rotatable bonds is 5. The van der Waals surface area contributed by atoms with E-state index in [1.807, 2.05) is 42.5 Å². The Kier molecular flexibility index (Phi) is 6.69. The van der Waals surface area contributed by atoms with Crippen LogP contribution in [0, 0.1) is 0 Å². The molecule has 0 aromatic heterocycles. The summed E-state index contributed by atoms with van der Waals surface area (Å²) < 4.78 is 12.2. The maximum atomic E-state index is 12.4. The number of methoxy groups -OCH3 is 1. The summed E-state index contributed by atoms with van der Waals surface area (Å²) >= 11 is 11.1. The number of likely N-dealkylation sites (N-methyl/N-ethyl adjacent to an activating group) is 1. The Bertz CT molecular complexity index is 978. The van der Waals surface area contributed by atoms with Gasteiger partial charge in [0.25, 0.3) is 5.91 Å². The highest BCUT2D eigenvalue weighted by Gasteiger charge is 2.30. The van der Waals surface area contributed by atoms with Crippen LogP contribution in [0.1, 0.15) is 11.1 Å². The number of carbonyl (C=O) groups is 1. The molecule has 5 nitrogen and oxygen atoms in total. The molecule has 8 heteroatoms. The number of halogens is 2. The lowest BCUT2D eigenvalue weighted by molar-refractivity contribution is -0.121. The average Bonchev–Trinajstić information content (AvgIpc) is 2.96. The van der Waals surface area contributed by atoms with Gasteiger partial charge in [0.15, 0.2) is 16.7 Å². The van der Waals surface area contributed by atoms with Crippen molar-refractivity contribution in [2.24, 2.45) is 4.99 Å². The molecule has 1 aliphatic rings. The Morgan fingerprint density at radius 2 is 2.04 bits per heavy atom. The summed E-state index contributed by atoms with van der Waals surface area (Å²) in [6.07, 6.45) is 1.81. The van der Waals surface area contributed by atoms with Gasteiger partial charge in [0.2, 0.25) is 0 Å². The third-order valence-electron chi connectivity index (χ3n) is 4.11. The molecular weight excluding hydrogens is 464 g/mol. The lowest BCUT2D eigenvalue weighted by Crippen LogP contribution is -2.23. The zero-order valence-corrected chi connectivity index (χ0v) is 18.7. The van der Waals surface area contributed by atoms with Crippen LogP contribution in [-0.4, -0.2) is 37.2 Å². The predicted molar refractivity (Wildman–Crippen MR) is 118 cm³/mol. The summed E-state index contributed by atoms with van der Waals surface area (Å²) in [5.74, 6) is 1.06. The van der Waals surface area contributed by atoms with Gasteiger partial charge in [-0.05, 0) is 41.6 Å². The number of hydrogen-bond acceptors (Lipinski definition) is 5. The topological polar surface area (TPSA) is 51.1 Å². The zero-order chi connectivity index (χ0) is 20.3. The number of hydrogen-bond donors (Lipinski definition) is 0. The van der Waals surface area contributed by atoms with Crippen LogP contribution in [0.25, 0.3) is 6.08 Å². The second-order valence-electron chi connectivity index (χ2n) is 5.89. The molecule has 3 rings (SSSR count). The van der Waals surface area contributed by atoms with E-state index in [0.29, 0.717) is 33.2 Å². The summed E-state index contributed by atoms with van der Waals surface area (Å²) in [5.41, 5.74) is 1.69. The van der Waals surface area contributed by atoms with E-state index in [1.54, 1.807) is 21.2 Å². The molecule has 0 bridgehead atoms. The standard InChI is InChI=1S/C20H18BrClN2O3S/c1-23-20-24(2)19(25)18(28-20)9-13-8-16(26-3)17(10-14(13)21)27-11-12-6-4-5-7-15(12)22/h4-10H,11H2,1-3H3/b18-9-,23-20?. The minimum absolute atomic E-state index is 0.0875. The van der Waals surface area contributed by atoms with E-state index in [-0.39, 0.29) is 5.91 Å². The molecule has 0 radical (unpaired) electrons. The minimum atomic E-state index is -0.0875. The first-order valence-electron chi connectivity index (χ1n) is 8.32. The molecule has 2 aromatic carbocycles. The van der Waals surface area contributed by atoms with Crippen LogP contribution in [0.5, 0.6) is 11.5 Å². The SMILES string of the molecule is CN=C1S/C(=C\c2cc(OC)c(OCc3ccccc3Cl)cc2Br)C(=O)N1C. The van der Waals surface area contributed by atoms with Crippen molar-refractivity contribution in [2.45, 2.75) is 6.61 Å². The Balaban J connectivity index is 1.87. The van der Waals surface area contributed by atoms with Crippen molar-refractivity contribution >= 4 is 56.4 Å². The van der Waals surface area contributed by atoms with E-state index in [0.717, 1.165) is 15.6 Å². The van der Waals surface area contributed by atoms with Gasteiger partial charge in [-0.3, -0.25) is 14.7 Å².